The van der Waals surface area contributed by atoms with Crippen molar-refractivity contribution in [3.8, 4) is 11.5 Å². The molecule has 1 N–H and O–H groups in total. The standard InChI is InChI=1S/C33H38N2O3/c1-37-31-17-15-27(21-32(31)38-24-26-11-3-2-4-12-26)23-35(33(36)18-16-25-9-5-6-10-25)20-19-28-22-34-30-14-8-7-13-29(28)30/h2-4,7-8,11-15,17,21-22,25,34H,5-6,9-10,16,18-20,23-24H2,1H3. The Morgan fingerprint density at radius 2 is 1.74 bits per heavy atom. The number of amides is 1. The number of rotatable bonds is 12. The first-order chi connectivity index (χ1) is 18.7. The molecule has 3 aromatic carbocycles. The van der Waals surface area contributed by atoms with Gasteiger partial charge in [0.15, 0.2) is 11.5 Å². The van der Waals surface area contributed by atoms with Crippen LogP contribution in [0.4, 0.5) is 0 Å². The molecule has 1 saturated carbocycles. The predicted molar refractivity (Wildman–Crippen MR) is 152 cm³/mol. The number of H-pyrrole nitrogens is 1. The van der Waals surface area contributed by atoms with Crippen molar-refractivity contribution >= 4 is 16.8 Å². The Morgan fingerprint density at radius 1 is 0.947 bits per heavy atom. The number of carbonyl (C=O) groups excluding carboxylic acids is 1. The van der Waals surface area contributed by atoms with E-state index in [1.807, 2.05) is 59.5 Å². The quantitative estimate of drug-likeness (QED) is 0.218. The van der Waals surface area contributed by atoms with Crippen LogP contribution in [0.3, 0.4) is 0 Å². The molecule has 1 heterocycles. The fraction of sp³-hybridized carbons (Fsp3) is 0.364. The summed E-state index contributed by atoms with van der Waals surface area (Å²) in [6.07, 6.45) is 9.65. The van der Waals surface area contributed by atoms with Crippen LogP contribution in [0.5, 0.6) is 11.5 Å². The zero-order chi connectivity index (χ0) is 26.2. The average Bonchev–Trinajstić information content (AvgIpc) is 3.64. The van der Waals surface area contributed by atoms with Gasteiger partial charge in [-0.05, 0) is 53.6 Å². The molecule has 5 nitrogen and oxygen atoms in total. The number of para-hydroxylation sites is 1. The number of hydrogen-bond donors (Lipinski definition) is 1. The lowest BCUT2D eigenvalue weighted by Crippen LogP contribution is -2.32. The Balaban J connectivity index is 1.30. The third kappa shape index (κ3) is 6.58. The zero-order valence-corrected chi connectivity index (χ0v) is 22.3. The Hall–Kier alpha value is -3.73. The summed E-state index contributed by atoms with van der Waals surface area (Å²) in [5, 5.41) is 1.23. The molecule has 38 heavy (non-hydrogen) atoms. The van der Waals surface area contributed by atoms with Crippen molar-refractivity contribution in [2.75, 3.05) is 13.7 Å². The minimum Gasteiger partial charge on any atom is -0.493 e. The molecule has 0 bridgehead atoms. The van der Waals surface area contributed by atoms with Crippen LogP contribution in [-0.4, -0.2) is 29.4 Å². The Kier molecular flexibility index (Phi) is 8.64. The van der Waals surface area contributed by atoms with Crippen molar-refractivity contribution in [3.63, 3.8) is 0 Å². The Labute approximate surface area is 225 Å². The fourth-order valence-electron chi connectivity index (χ4n) is 5.56. The Bertz CT molecular complexity index is 1320. The first-order valence-electron chi connectivity index (χ1n) is 13.9. The summed E-state index contributed by atoms with van der Waals surface area (Å²) < 4.78 is 11.7. The van der Waals surface area contributed by atoms with E-state index in [1.165, 1.54) is 36.6 Å². The molecule has 0 spiro atoms. The number of nitrogens with zero attached hydrogens (tertiary/aromatic N) is 1. The molecule has 1 amide bonds. The fourth-order valence-corrected chi connectivity index (χ4v) is 5.56. The molecule has 1 fully saturated rings. The largest absolute Gasteiger partial charge is 0.493 e. The lowest BCUT2D eigenvalue weighted by Gasteiger charge is -2.24. The van der Waals surface area contributed by atoms with Gasteiger partial charge in [-0.3, -0.25) is 4.79 Å². The van der Waals surface area contributed by atoms with Crippen molar-refractivity contribution < 1.29 is 14.3 Å². The molecular formula is C33H38N2O3. The maximum Gasteiger partial charge on any atom is 0.222 e. The molecule has 0 radical (unpaired) electrons. The molecule has 0 saturated heterocycles. The molecule has 5 heteroatoms. The van der Waals surface area contributed by atoms with Crippen LogP contribution < -0.4 is 9.47 Å². The van der Waals surface area contributed by atoms with Gasteiger partial charge in [-0.15, -0.1) is 0 Å². The molecule has 1 aliphatic carbocycles. The lowest BCUT2D eigenvalue weighted by molar-refractivity contribution is -0.132. The van der Waals surface area contributed by atoms with Gasteiger partial charge in [-0.1, -0.05) is 80.3 Å². The number of nitrogens with one attached hydrogen (secondary N) is 1. The van der Waals surface area contributed by atoms with Gasteiger partial charge in [0.2, 0.25) is 5.91 Å². The zero-order valence-electron chi connectivity index (χ0n) is 22.3. The normalized spacial score (nSPS) is 13.6. The van der Waals surface area contributed by atoms with Crippen LogP contribution in [0.25, 0.3) is 10.9 Å². The van der Waals surface area contributed by atoms with Crippen molar-refractivity contribution in [1.82, 2.24) is 9.88 Å². The van der Waals surface area contributed by atoms with Crippen LogP contribution in [0.1, 0.15) is 55.2 Å². The molecule has 4 aromatic rings. The smallest absolute Gasteiger partial charge is 0.222 e. The highest BCUT2D eigenvalue weighted by atomic mass is 16.5. The number of carbonyl (C=O) groups is 1. The first kappa shape index (κ1) is 25.9. The van der Waals surface area contributed by atoms with Gasteiger partial charge in [0, 0.05) is 36.6 Å². The van der Waals surface area contributed by atoms with E-state index in [1.54, 1.807) is 7.11 Å². The van der Waals surface area contributed by atoms with Crippen LogP contribution in [0, 0.1) is 5.92 Å². The third-order valence-electron chi connectivity index (χ3n) is 7.76. The molecule has 198 valence electrons. The minimum absolute atomic E-state index is 0.235. The second-order valence-electron chi connectivity index (χ2n) is 10.4. The molecular weight excluding hydrogens is 472 g/mol. The third-order valence-corrected chi connectivity index (χ3v) is 7.76. The second-order valence-corrected chi connectivity index (χ2v) is 10.4. The van der Waals surface area contributed by atoms with Crippen LogP contribution in [-0.2, 0) is 24.4 Å². The van der Waals surface area contributed by atoms with Gasteiger partial charge in [0.05, 0.1) is 7.11 Å². The highest BCUT2D eigenvalue weighted by molar-refractivity contribution is 5.83. The lowest BCUT2D eigenvalue weighted by atomic mass is 10.0. The van der Waals surface area contributed by atoms with Gasteiger partial charge in [-0.25, -0.2) is 0 Å². The van der Waals surface area contributed by atoms with E-state index < -0.39 is 0 Å². The molecule has 5 rings (SSSR count). The monoisotopic (exact) mass is 510 g/mol. The summed E-state index contributed by atoms with van der Waals surface area (Å²) >= 11 is 0. The van der Waals surface area contributed by atoms with Crippen molar-refractivity contribution in [1.29, 1.82) is 0 Å². The summed E-state index contributed by atoms with van der Waals surface area (Å²) in [5.41, 5.74) is 4.53. The van der Waals surface area contributed by atoms with E-state index in [0.29, 0.717) is 43.5 Å². The van der Waals surface area contributed by atoms with Crippen molar-refractivity contribution in [2.24, 2.45) is 5.92 Å². The van der Waals surface area contributed by atoms with E-state index in [9.17, 15) is 4.79 Å². The number of ether oxygens (including phenoxy) is 2. The van der Waals surface area contributed by atoms with Crippen LogP contribution >= 0.6 is 0 Å². The number of fused-ring (bicyclic) bond motifs is 1. The predicted octanol–water partition coefficient (Wildman–Crippen LogP) is 7.30. The van der Waals surface area contributed by atoms with Gasteiger partial charge < -0.3 is 19.4 Å². The maximum absolute atomic E-state index is 13.5. The van der Waals surface area contributed by atoms with E-state index in [2.05, 4.69) is 29.4 Å². The first-order valence-corrected chi connectivity index (χ1v) is 13.9. The van der Waals surface area contributed by atoms with E-state index >= 15 is 0 Å². The summed E-state index contributed by atoms with van der Waals surface area (Å²) in [5.74, 6) is 2.33. The Morgan fingerprint density at radius 3 is 2.55 bits per heavy atom. The second kappa shape index (κ2) is 12.7. The van der Waals surface area contributed by atoms with Gasteiger partial charge in [-0.2, -0.15) is 0 Å². The van der Waals surface area contributed by atoms with Gasteiger partial charge >= 0.3 is 0 Å². The molecule has 0 aliphatic heterocycles. The highest BCUT2D eigenvalue weighted by Gasteiger charge is 2.20. The van der Waals surface area contributed by atoms with Gasteiger partial charge in [0.25, 0.3) is 0 Å². The van der Waals surface area contributed by atoms with Crippen LogP contribution in [0.15, 0.2) is 79.0 Å². The highest BCUT2D eigenvalue weighted by Crippen LogP contribution is 2.31. The maximum atomic E-state index is 13.5. The minimum atomic E-state index is 0.235. The number of hydrogen-bond acceptors (Lipinski definition) is 3. The molecule has 1 aliphatic rings. The molecule has 1 aromatic heterocycles. The number of aromatic nitrogens is 1. The van der Waals surface area contributed by atoms with Crippen LogP contribution in [0.2, 0.25) is 0 Å². The SMILES string of the molecule is COc1ccc(CN(CCc2c[nH]c3ccccc23)C(=O)CCC2CCCC2)cc1OCc1ccccc1. The summed E-state index contributed by atoms with van der Waals surface area (Å²) in [4.78, 5) is 18.9. The molecule has 0 atom stereocenters. The number of aromatic amines is 1. The average molecular weight is 511 g/mol. The number of methoxy groups -OCH3 is 1. The number of benzene rings is 3. The van der Waals surface area contributed by atoms with E-state index in [4.69, 9.17) is 9.47 Å². The summed E-state index contributed by atoms with van der Waals surface area (Å²) in [7, 11) is 1.66. The van der Waals surface area contributed by atoms with Crippen molar-refractivity contribution in [2.45, 2.75) is 58.1 Å². The summed E-state index contributed by atoms with van der Waals surface area (Å²) in [6, 6.07) is 24.5. The molecule has 0 unspecified atom stereocenters. The van der Waals surface area contributed by atoms with E-state index in [0.717, 1.165) is 29.5 Å². The van der Waals surface area contributed by atoms with Crippen molar-refractivity contribution in [3.05, 3.63) is 95.7 Å². The van der Waals surface area contributed by atoms with E-state index in [-0.39, 0.29) is 5.91 Å². The summed E-state index contributed by atoms with van der Waals surface area (Å²) in [6.45, 7) is 1.69. The topological polar surface area (TPSA) is 54.6 Å². The van der Waals surface area contributed by atoms with Gasteiger partial charge in [0.1, 0.15) is 6.61 Å².